The van der Waals surface area contributed by atoms with Crippen molar-refractivity contribution in [3.8, 4) is 5.75 Å². The molecule has 1 N–H and O–H groups in total. The largest absolute Gasteiger partial charge is 0.494 e. The summed E-state index contributed by atoms with van der Waals surface area (Å²) < 4.78 is 6.21. The van der Waals surface area contributed by atoms with Gasteiger partial charge in [0.05, 0.1) is 24.3 Å². The maximum Gasteiger partial charge on any atom is 0.268 e. The molecule has 2 aliphatic rings. The number of anilines is 1. The minimum Gasteiger partial charge on any atom is -0.494 e. The van der Waals surface area contributed by atoms with Crippen LogP contribution >= 0.6 is 27.5 Å². The van der Waals surface area contributed by atoms with Crippen molar-refractivity contribution in [3.05, 3.63) is 93.4 Å². The number of nitrogens with zero attached hydrogens (tertiary/aromatic N) is 2. The van der Waals surface area contributed by atoms with Gasteiger partial charge in [0, 0.05) is 15.1 Å². The first kappa shape index (κ1) is 23.5. The van der Waals surface area contributed by atoms with Crippen LogP contribution in [-0.2, 0) is 9.59 Å². The van der Waals surface area contributed by atoms with E-state index in [1.165, 1.54) is 5.01 Å². The van der Waals surface area contributed by atoms with Gasteiger partial charge in [0.25, 0.3) is 11.8 Å². The van der Waals surface area contributed by atoms with E-state index in [1.807, 2.05) is 13.0 Å². The number of ether oxygens (including phenoxy) is 1. The molecule has 0 unspecified atom stereocenters. The molecule has 5 rings (SSSR count). The van der Waals surface area contributed by atoms with Crippen LogP contribution in [0.25, 0.3) is 0 Å². The summed E-state index contributed by atoms with van der Waals surface area (Å²) in [4.78, 5) is 42.1. The number of carbonyl (C=O) groups excluding carboxylic acids is 3. The lowest BCUT2D eigenvalue weighted by atomic mass is 9.91. The smallest absolute Gasteiger partial charge is 0.268 e. The van der Waals surface area contributed by atoms with Crippen molar-refractivity contribution in [2.45, 2.75) is 19.0 Å². The van der Waals surface area contributed by atoms with Gasteiger partial charge in [0.15, 0.2) is 0 Å². The first-order chi connectivity index (χ1) is 16.9. The molecule has 2 saturated heterocycles. The number of halogens is 2. The molecule has 2 fully saturated rings. The Bertz CT molecular complexity index is 1320. The number of hydrogen-bond acceptors (Lipinski definition) is 5. The Balaban J connectivity index is 1.56. The number of carbonyl (C=O) groups is 3. The molecule has 35 heavy (non-hydrogen) atoms. The Labute approximate surface area is 215 Å². The second-order valence-electron chi connectivity index (χ2n) is 8.22. The van der Waals surface area contributed by atoms with Crippen LogP contribution in [0.15, 0.2) is 77.3 Å². The van der Waals surface area contributed by atoms with Crippen LogP contribution in [-0.4, -0.2) is 35.4 Å². The number of imide groups is 1. The molecular weight excluding hydrogens is 534 g/mol. The molecule has 3 amide bonds. The van der Waals surface area contributed by atoms with Crippen LogP contribution in [0.4, 0.5) is 5.69 Å². The summed E-state index contributed by atoms with van der Waals surface area (Å²) in [6.07, 6.45) is 0. The minimum absolute atomic E-state index is 0.380. The van der Waals surface area contributed by atoms with Gasteiger partial charge in [-0.3, -0.25) is 19.4 Å². The molecule has 0 aromatic heterocycles. The fourth-order valence-corrected chi connectivity index (χ4v) is 5.29. The molecule has 3 aromatic carbocycles. The lowest BCUT2D eigenvalue weighted by molar-refractivity contribution is -0.123. The molecule has 0 bridgehead atoms. The number of fused-ring (bicyclic) bond motifs is 1. The summed E-state index contributed by atoms with van der Waals surface area (Å²) >= 11 is 9.85. The van der Waals surface area contributed by atoms with Crippen LogP contribution in [0.3, 0.4) is 0 Å². The van der Waals surface area contributed by atoms with E-state index in [2.05, 4.69) is 21.4 Å². The zero-order valence-electron chi connectivity index (χ0n) is 18.7. The zero-order chi connectivity index (χ0) is 24.7. The average molecular weight is 555 g/mol. The third-order valence-corrected chi connectivity index (χ3v) is 7.01. The van der Waals surface area contributed by atoms with Gasteiger partial charge in [-0.25, -0.2) is 10.3 Å². The average Bonchev–Trinajstić information content (AvgIpc) is 3.36. The number of hydrazine groups is 1. The van der Waals surface area contributed by atoms with Gasteiger partial charge >= 0.3 is 0 Å². The summed E-state index contributed by atoms with van der Waals surface area (Å²) in [7, 11) is 0. The Morgan fingerprint density at radius 1 is 1.03 bits per heavy atom. The number of hydrogen-bond donors (Lipinski definition) is 1. The van der Waals surface area contributed by atoms with Crippen molar-refractivity contribution in [3.63, 3.8) is 0 Å². The Morgan fingerprint density at radius 2 is 1.77 bits per heavy atom. The summed E-state index contributed by atoms with van der Waals surface area (Å²) in [5, 5.41) is 1.72. The third kappa shape index (κ3) is 4.11. The molecule has 0 saturated carbocycles. The zero-order valence-corrected chi connectivity index (χ0v) is 21.0. The van der Waals surface area contributed by atoms with Gasteiger partial charge in [0.2, 0.25) is 5.91 Å². The summed E-state index contributed by atoms with van der Waals surface area (Å²) in [5.74, 6) is -1.49. The first-order valence-corrected chi connectivity index (χ1v) is 12.3. The SMILES string of the molecule is CCOc1ccc(N2C(=O)[C@@H]3[C@@H](c4ccccc4Cl)NN(C(=O)c4cccc(Br)c4)[C@H]3C2=O)cc1. The van der Waals surface area contributed by atoms with Crippen LogP contribution in [0.2, 0.25) is 5.02 Å². The van der Waals surface area contributed by atoms with E-state index in [0.29, 0.717) is 34.2 Å². The van der Waals surface area contributed by atoms with Crippen molar-refractivity contribution in [2.75, 3.05) is 11.5 Å². The predicted molar refractivity (Wildman–Crippen MR) is 135 cm³/mol. The highest BCUT2D eigenvalue weighted by molar-refractivity contribution is 9.10. The molecule has 0 spiro atoms. The third-order valence-electron chi connectivity index (χ3n) is 6.17. The predicted octanol–water partition coefficient (Wildman–Crippen LogP) is 4.76. The van der Waals surface area contributed by atoms with E-state index in [0.717, 1.165) is 9.37 Å². The van der Waals surface area contributed by atoms with Crippen molar-refractivity contribution >= 4 is 50.9 Å². The Kier molecular flexibility index (Phi) is 6.35. The van der Waals surface area contributed by atoms with Gasteiger partial charge in [0.1, 0.15) is 11.8 Å². The van der Waals surface area contributed by atoms with Gasteiger partial charge in [-0.15, -0.1) is 0 Å². The molecule has 3 atom stereocenters. The van der Waals surface area contributed by atoms with E-state index in [9.17, 15) is 14.4 Å². The van der Waals surface area contributed by atoms with Crippen LogP contribution in [0.5, 0.6) is 5.75 Å². The van der Waals surface area contributed by atoms with Crippen molar-refractivity contribution in [1.29, 1.82) is 0 Å². The van der Waals surface area contributed by atoms with E-state index >= 15 is 0 Å². The molecule has 7 nitrogen and oxygen atoms in total. The van der Waals surface area contributed by atoms with Gasteiger partial charge < -0.3 is 4.74 Å². The van der Waals surface area contributed by atoms with E-state index < -0.39 is 35.7 Å². The molecule has 9 heteroatoms. The van der Waals surface area contributed by atoms with Crippen LogP contribution in [0, 0.1) is 5.92 Å². The van der Waals surface area contributed by atoms with E-state index in [4.69, 9.17) is 16.3 Å². The Hall–Kier alpha value is -3.20. The fourth-order valence-electron chi connectivity index (χ4n) is 4.63. The van der Waals surface area contributed by atoms with Crippen molar-refractivity contribution < 1.29 is 19.1 Å². The second-order valence-corrected chi connectivity index (χ2v) is 9.55. The monoisotopic (exact) mass is 553 g/mol. The molecular formula is C26H21BrClN3O4. The lowest BCUT2D eigenvalue weighted by Gasteiger charge is -2.25. The molecule has 2 heterocycles. The van der Waals surface area contributed by atoms with E-state index in [1.54, 1.807) is 66.7 Å². The molecule has 3 aromatic rings. The maximum absolute atomic E-state index is 13.7. The highest BCUT2D eigenvalue weighted by Gasteiger charge is 2.60. The van der Waals surface area contributed by atoms with Crippen LogP contribution < -0.4 is 15.1 Å². The number of benzene rings is 3. The van der Waals surface area contributed by atoms with Gasteiger partial charge in [-0.2, -0.15) is 0 Å². The fraction of sp³-hybridized carbons (Fsp3) is 0.192. The molecule has 0 radical (unpaired) electrons. The quantitative estimate of drug-likeness (QED) is 0.460. The normalized spacial score (nSPS) is 21.4. The van der Waals surface area contributed by atoms with Crippen molar-refractivity contribution in [2.24, 2.45) is 5.92 Å². The minimum atomic E-state index is -1.03. The topological polar surface area (TPSA) is 79.0 Å². The molecule has 0 aliphatic carbocycles. The molecule has 2 aliphatic heterocycles. The maximum atomic E-state index is 13.7. The highest BCUT2D eigenvalue weighted by Crippen LogP contribution is 2.44. The lowest BCUT2D eigenvalue weighted by Crippen LogP contribution is -2.48. The second kappa shape index (κ2) is 9.45. The van der Waals surface area contributed by atoms with Gasteiger partial charge in [-0.05, 0) is 61.0 Å². The Morgan fingerprint density at radius 3 is 2.46 bits per heavy atom. The number of rotatable bonds is 5. The van der Waals surface area contributed by atoms with Crippen LogP contribution in [0.1, 0.15) is 28.9 Å². The van der Waals surface area contributed by atoms with E-state index in [-0.39, 0.29) is 0 Å². The van der Waals surface area contributed by atoms with Crippen molar-refractivity contribution in [1.82, 2.24) is 10.4 Å². The summed E-state index contributed by atoms with van der Waals surface area (Å²) in [6, 6.07) is 19.1. The highest BCUT2D eigenvalue weighted by atomic mass is 79.9. The number of amides is 3. The number of nitrogens with one attached hydrogen (secondary N) is 1. The summed E-state index contributed by atoms with van der Waals surface area (Å²) in [5.41, 5.74) is 4.57. The molecule has 178 valence electrons. The first-order valence-electron chi connectivity index (χ1n) is 11.1. The standard InChI is InChI=1S/C26H21BrClN3O4/c1-2-35-18-12-10-17(11-13-18)30-25(33)21-22(19-8-3-4-9-20(19)28)29-31(23(21)26(30)34)24(32)15-6-5-7-16(27)14-15/h3-14,21-23,29H,2H2,1H3/t21-,22-,23-/m1/s1. The van der Waals surface area contributed by atoms with Gasteiger partial charge in [-0.1, -0.05) is 51.8 Å². The summed E-state index contributed by atoms with van der Waals surface area (Å²) in [6.45, 7) is 2.38.